The van der Waals surface area contributed by atoms with Gasteiger partial charge in [0.1, 0.15) is 10.8 Å². The number of hydrogen-bond acceptors (Lipinski definition) is 6. The molecule has 1 heterocycles. The molecule has 0 amide bonds. The molecule has 2 atom stereocenters. The lowest BCUT2D eigenvalue weighted by atomic mass is 9.87. The lowest BCUT2D eigenvalue weighted by molar-refractivity contribution is -0.139. The highest BCUT2D eigenvalue weighted by atomic mass is 32.2. The molecule has 0 aliphatic heterocycles. The Labute approximate surface area is 130 Å². The summed E-state index contributed by atoms with van der Waals surface area (Å²) in [5, 5.41) is 4.21. The summed E-state index contributed by atoms with van der Waals surface area (Å²) in [6.07, 6.45) is 8.38. The lowest BCUT2D eigenvalue weighted by Gasteiger charge is -2.27. The van der Waals surface area contributed by atoms with Gasteiger partial charge in [-0.15, -0.1) is 0 Å². The molecule has 1 saturated carbocycles. The highest BCUT2D eigenvalue weighted by Crippen LogP contribution is 2.26. The molecular weight excluding hydrogens is 286 g/mol. The van der Waals surface area contributed by atoms with Crippen molar-refractivity contribution in [3.05, 3.63) is 12.4 Å². The van der Waals surface area contributed by atoms with Crippen LogP contribution in [0.2, 0.25) is 0 Å². The molecule has 6 heteroatoms. The normalized spacial score (nSPS) is 21.8. The summed E-state index contributed by atoms with van der Waals surface area (Å²) >= 11 is 1.36. The van der Waals surface area contributed by atoms with E-state index in [1.165, 1.54) is 37.4 Å². The largest absolute Gasteiger partial charge is 0.465 e. The first-order valence-corrected chi connectivity index (χ1v) is 8.53. The van der Waals surface area contributed by atoms with E-state index in [4.69, 9.17) is 4.74 Å². The van der Waals surface area contributed by atoms with Crippen molar-refractivity contribution >= 4 is 23.5 Å². The van der Waals surface area contributed by atoms with Crippen LogP contribution in [0.25, 0.3) is 0 Å². The van der Waals surface area contributed by atoms with Crippen LogP contribution in [0.3, 0.4) is 0 Å². The van der Waals surface area contributed by atoms with Crippen LogP contribution in [0.1, 0.15) is 39.5 Å². The fourth-order valence-corrected chi connectivity index (χ4v) is 3.24. The molecule has 21 heavy (non-hydrogen) atoms. The molecule has 5 nitrogen and oxygen atoms in total. The minimum Gasteiger partial charge on any atom is -0.465 e. The maximum atomic E-state index is 11.3. The summed E-state index contributed by atoms with van der Waals surface area (Å²) < 4.78 is 4.90. The molecule has 1 aromatic rings. The van der Waals surface area contributed by atoms with E-state index in [0.29, 0.717) is 12.6 Å². The van der Waals surface area contributed by atoms with E-state index in [1.54, 1.807) is 19.3 Å². The fourth-order valence-electron chi connectivity index (χ4n) is 2.60. The molecule has 2 rings (SSSR count). The molecule has 0 spiro atoms. The van der Waals surface area contributed by atoms with Gasteiger partial charge in [-0.05, 0) is 25.7 Å². The molecule has 0 aromatic carbocycles. The molecule has 1 aliphatic rings. The minimum absolute atomic E-state index is 0.219. The standard InChI is InChI=1S/C15H23N3O2S/c1-3-20-15(19)10-21-14-9-16-8-13(18-14)17-12-6-4-5-11(2)7-12/h8-9,11-12H,3-7,10H2,1-2H3,(H,17,18). The second kappa shape index (κ2) is 8.22. The van der Waals surface area contributed by atoms with E-state index in [0.717, 1.165) is 16.8 Å². The van der Waals surface area contributed by atoms with Crippen LogP contribution < -0.4 is 5.32 Å². The Morgan fingerprint density at radius 2 is 2.33 bits per heavy atom. The topological polar surface area (TPSA) is 64.1 Å². The van der Waals surface area contributed by atoms with Crippen LogP contribution in [0.15, 0.2) is 17.4 Å². The Kier molecular flexibility index (Phi) is 6.29. The molecule has 1 aromatic heterocycles. The number of ether oxygens (including phenoxy) is 1. The summed E-state index contributed by atoms with van der Waals surface area (Å²) in [5.41, 5.74) is 0. The zero-order valence-electron chi connectivity index (χ0n) is 12.7. The van der Waals surface area contributed by atoms with E-state index < -0.39 is 0 Å². The van der Waals surface area contributed by atoms with Crippen molar-refractivity contribution in [2.45, 2.75) is 50.6 Å². The number of thioether (sulfide) groups is 1. The third-order valence-corrected chi connectivity index (χ3v) is 4.42. The Morgan fingerprint density at radius 1 is 1.48 bits per heavy atom. The number of carbonyl (C=O) groups is 1. The second-order valence-electron chi connectivity index (χ2n) is 5.45. The van der Waals surface area contributed by atoms with Gasteiger partial charge in [0.15, 0.2) is 0 Å². The van der Waals surface area contributed by atoms with E-state index in [2.05, 4.69) is 22.2 Å². The van der Waals surface area contributed by atoms with Crippen LogP contribution in [0.5, 0.6) is 0 Å². The van der Waals surface area contributed by atoms with Gasteiger partial charge in [0.05, 0.1) is 24.8 Å². The molecule has 0 saturated heterocycles. The molecule has 0 bridgehead atoms. The first kappa shape index (κ1) is 16.1. The van der Waals surface area contributed by atoms with Crippen molar-refractivity contribution < 1.29 is 9.53 Å². The van der Waals surface area contributed by atoms with Crippen LogP contribution >= 0.6 is 11.8 Å². The van der Waals surface area contributed by atoms with Crippen molar-refractivity contribution in [1.29, 1.82) is 0 Å². The zero-order valence-corrected chi connectivity index (χ0v) is 13.5. The average molecular weight is 309 g/mol. The van der Waals surface area contributed by atoms with Crippen molar-refractivity contribution in [3.8, 4) is 0 Å². The smallest absolute Gasteiger partial charge is 0.316 e. The fraction of sp³-hybridized carbons (Fsp3) is 0.667. The Balaban J connectivity index is 1.86. The van der Waals surface area contributed by atoms with Gasteiger partial charge in [-0.1, -0.05) is 31.5 Å². The summed E-state index contributed by atoms with van der Waals surface area (Å²) in [7, 11) is 0. The molecule has 116 valence electrons. The summed E-state index contributed by atoms with van der Waals surface area (Å²) in [4.78, 5) is 20.0. The van der Waals surface area contributed by atoms with Gasteiger partial charge in [-0.2, -0.15) is 0 Å². The van der Waals surface area contributed by atoms with Gasteiger partial charge in [-0.25, -0.2) is 4.98 Å². The van der Waals surface area contributed by atoms with E-state index in [1.807, 2.05) is 0 Å². The number of aromatic nitrogens is 2. The van der Waals surface area contributed by atoms with Gasteiger partial charge in [0.25, 0.3) is 0 Å². The van der Waals surface area contributed by atoms with E-state index in [-0.39, 0.29) is 11.7 Å². The van der Waals surface area contributed by atoms with Crippen molar-refractivity contribution in [1.82, 2.24) is 9.97 Å². The first-order chi connectivity index (χ1) is 10.2. The minimum atomic E-state index is -0.219. The van der Waals surface area contributed by atoms with Gasteiger partial charge >= 0.3 is 5.97 Å². The Hall–Kier alpha value is -1.30. The molecule has 1 N–H and O–H groups in total. The summed E-state index contributed by atoms with van der Waals surface area (Å²) in [6, 6.07) is 0.480. The van der Waals surface area contributed by atoms with Gasteiger partial charge in [-0.3, -0.25) is 9.78 Å². The number of nitrogens with zero attached hydrogens (tertiary/aromatic N) is 2. The number of carbonyl (C=O) groups excluding carboxylic acids is 1. The molecule has 2 unspecified atom stereocenters. The third kappa shape index (κ3) is 5.53. The number of rotatable bonds is 6. The molecule has 1 fully saturated rings. The predicted molar refractivity (Wildman–Crippen MR) is 84.4 cm³/mol. The van der Waals surface area contributed by atoms with Gasteiger partial charge < -0.3 is 10.1 Å². The summed E-state index contributed by atoms with van der Waals surface area (Å²) in [6.45, 7) is 4.51. The quantitative estimate of drug-likeness (QED) is 0.643. The summed E-state index contributed by atoms with van der Waals surface area (Å²) in [5.74, 6) is 1.62. The number of esters is 1. The van der Waals surface area contributed by atoms with Crippen LogP contribution in [-0.4, -0.2) is 34.3 Å². The van der Waals surface area contributed by atoms with Crippen LogP contribution in [-0.2, 0) is 9.53 Å². The number of hydrogen-bond donors (Lipinski definition) is 1. The monoisotopic (exact) mass is 309 g/mol. The maximum Gasteiger partial charge on any atom is 0.316 e. The number of anilines is 1. The van der Waals surface area contributed by atoms with Crippen molar-refractivity contribution in [2.24, 2.45) is 5.92 Å². The van der Waals surface area contributed by atoms with E-state index >= 15 is 0 Å². The lowest BCUT2D eigenvalue weighted by Crippen LogP contribution is -2.26. The molecular formula is C15H23N3O2S. The Morgan fingerprint density at radius 3 is 3.10 bits per heavy atom. The highest BCUT2D eigenvalue weighted by Gasteiger charge is 2.19. The highest BCUT2D eigenvalue weighted by molar-refractivity contribution is 7.99. The van der Waals surface area contributed by atoms with Gasteiger partial charge in [0, 0.05) is 6.04 Å². The average Bonchev–Trinajstić information content (AvgIpc) is 2.46. The molecule has 1 aliphatic carbocycles. The predicted octanol–water partition coefficient (Wildman–Crippen LogP) is 3.12. The zero-order chi connectivity index (χ0) is 15.1. The van der Waals surface area contributed by atoms with E-state index in [9.17, 15) is 4.79 Å². The number of nitrogens with one attached hydrogen (secondary N) is 1. The van der Waals surface area contributed by atoms with Gasteiger partial charge in [0.2, 0.25) is 0 Å². The third-order valence-electron chi connectivity index (χ3n) is 3.54. The SMILES string of the molecule is CCOC(=O)CSc1cncc(NC2CCCC(C)C2)n1. The maximum absolute atomic E-state index is 11.3. The Bertz CT molecular complexity index is 470. The molecule has 0 radical (unpaired) electrons. The first-order valence-electron chi connectivity index (χ1n) is 7.54. The van der Waals surface area contributed by atoms with Crippen LogP contribution in [0, 0.1) is 5.92 Å². The second-order valence-corrected chi connectivity index (χ2v) is 6.44. The van der Waals surface area contributed by atoms with Crippen LogP contribution in [0.4, 0.5) is 5.82 Å². The van der Waals surface area contributed by atoms with Crippen molar-refractivity contribution in [2.75, 3.05) is 17.7 Å². The van der Waals surface area contributed by atoms with Crippen molar-refractivity contribution in [3.63, 3.8) is 0 Å².